The van der Waals surface area contributed by atoms with E-state index in [4.69, 9.17) is 9.47 Å². The van der Waals surface area contributed by atoms with Crippen molar-refractivity contribution >= 4 is 16.7 Å². The summed E-state index contributed by atoms with van der Waals surface area (Å²) in [7, 11) is 0. The molecule has 1 N–H and O–H groups in total. The van der Waals surface area contributed by atoms with E-state index < -0.39 is 5.97 Å². The van der Waals surface area contributed by atoms with Crippen LogP contribution in [0.3, 0.4) is 0 Å². The van der Waals surface area contributed by atoms with Crippen LogP contribution in [0.2, 0.25) is 0 Å². The number of carboxylic acid groups (broad SMARTS) is 1. The molecule has 0 aromatic heterocycles. The maximum atomic E-state index is 11.7. The number of fused-ring (bicyclic) bond motifs is 1. The number of rotatable bonds is 8. The minimum absolute atomic E-state index is 0.144. The predicted octanol–water partition coefficient (Wildman–Crippen LogP) is 5.68. The second-order valence-corrected chi connectivity index (χ2v) is 7.42. The summed E-state index contributed by atoms with van der Waals surface area (Å²) in [5.41, 5.74) is 1.61. The third kappa shape index (κ3) is 4.28. The molecule has 0 heterocycles. The second kappa shape index (κ2) is 8.34. The van der Waals surface area contributed by atoms with E-state index >= 15 is 0 Å². The van der Waals surface area contributed by atoms with Crippen molar-refractivity contribution in [2.24, 2.45) is 0 Å². The number of benzene rings is 3. The van der Waals surface area contributed by atoms with Gasteiger partial charge in [0.25, 0.3) is 0 Å². The highest BCUT2D eigenvalue weighted by Crippen LogP contribution is 2.29. The number of hydrogen-bond acceptors (Lipinski definition) is 3. The fraction of sp³-hybridized carbons (Fsp3) is 0.292. The van der Waals surface area contributed by atoms with E-state index in [2.05, 4.69) is 32.9 Å². The minimum Gasteiger partial charge on any atom is -0.490 e. The Morgan fingerprint density at radius 1 is 0.929 bits per heavy atom. The lowest BCUT2D eigenvalue weighted by Gasteiger charge is -2.23. The first kappa shape index (κ1) is 19.7. The van der Waals surface area contributed by atoms with Gasteiger partial charge < -0.3 is 14.6 Å². The predicted molar refractivity (Wildman–Crippen MR) is 112 cm³/mol. The molecule has 0 aliphatic heterocycles. The van der Waals surface area contributed by atoms with Crippen LogP contribution in [0, 0.1) is 0 Å². The Bertz CT molecular complexity index is 958. The van der Waals surface area contributed by atoms with Gasteiger partial charge in [0.1, 0.15) is 30.3 Å². The van der Waals surface area contributed by atoms with Crippen LogP contribution >= 0.6 is 0 Å². The number of aromatic carboxylic acids is 1. The van der Waals surface area contributed by atoms with Crippen molar-refractivity contribution in [2.45, 2.75) is 32.6 Å². The van der Waals surface area contributed by atoms with Crippen LogP contribution in [-0.4, -0.2) is 24.3 Å². The van der Waals surface area contributed by atoms with E-state index in [9.17, 15) is 9.90 Å². The summed E-state index contributed by atoms with van der Waals surface area (Å²) < 4.78 is 11.5. The largest absolute Gasteiger partial charge is 0.490 e. The Balaban J connectivity index is 1.63. The summed E-state index contributed by atoms with van der Waals surface area (Å²) >= 11 is 0. The molecule has 3 aromatic rings. The molecule has 3 aromatic carbocycles. The van der Waals surface area contributed by atoms with Gasteiger partial charge in [0, 0.05) is 0 Å². The summed E-state index contributed by atoms with van der Waals surface area (Å²) in [6.07, 6.45) is 1.07. The molecule has 0 spiro atoms. The first-order chi connectivity index (χ1) is 13.4. The monoisotopic (exact) mass is 378 g/mol. The Morgan fingerprint density at radius 2 is 1.61 bits per heavy atom. The average molecular weight is 378 g/mol. The lowest BCUT2D eigenvalue weighted by atomic mass is 9.82. The van der Waals surface area contributed by atoms with Gasteiger partial charge in [-0.3, -0.25) is 0 Å². The topological polar surface area (TPSA) is 55.8 Å². The van der Waals surface area contributed by atoms with E-state index in [0.29, 0.717) is 17.7 Å². The van der Waals surface area contributed by atoms with Gasteiger partial charge in [-0.15, -0.1) is 0 Å². The van der Waals surface area contributed by atoms with Crippen LogP contribution in [-0.2, 0) is 5.41 Å². The molecule has 4 nitrogen and oxygen atoms in total. The molecule has 0 saturated heterocycles. The summed E-state index contributed by atoms with van der Waals surface area (Å²) in [6, 6.07) is 19.1. The molecule has 146 valence electrons. The highest BCUT2D eigenvalue weighted by Gasteiger charge is 2.18. The Labute approximate surface area is 165 Å². The highest BCUT2D eigenvalue weighted by molar-refractivity contribution is 6.06. The maximum absolute atomic E-state index is 11.7. The summed E-state index contributed by atoms with van der Waals surface area (Å²) in [5.74, 6) is 0.132. The maximum Gasteiger partial charge on any atom is 0.340 e. The van der Waals surface area contributed by atoms with E-state index in [0.717, 1.165) is 17.6 Å². The van der Waals surface area contributed by atoms with Crippen LogP contribution in [0.25, 0.3) is 10.8 Å². The van der Waals surface area contributed by atoms with Crippen molar-refractivity contribution in [2.75, 3.05) is 13.2 Å². The van der Waals surface area contributed by atoms with E-state index in [1.165, 1.54) is 5.56 Å². The van der Waals surface area contributed by atoms with Crippen LogP contribution in [0.15, 0.2) is 60.7 Å². The van der Waals surface area contributed by atoms with Gasteiger partial charge in [-0.05, 0) is 46.4 Å². The molecule has 0 bridgehead atoms. The van der Waals surface area contributed by atoms with Crippen molar-refractivity contribution in [3.8, 4) is 11.5 Å². The molecule has 0 fully saturated rings. The van der Waals surface area contributed by atoms with Crippen molar-refractivity contribution in [3.63, 3.8) is 0 Å². The van der Waals surface area contributed by atoms with E-state index in [1.807, 2.05) is 36.4 Å². The third-order valence-electron chi connectivity index (χ3n) is 5.23. The van der Waals surface area contributed by atoms with Gasteiger partial charge in [0.15, 0.2) is 0 Å². The van der Waals surface area contributed by atoms with Crippen molar-refractivity contribution < 1.29 is 19.4 Å². The second-order valence-electron chi connectivity index (χ2n) is 7.42. The summed E-state index contributed by atoms with van der Waals surface area (Å²) in [4.78, 5) is 11.7. The van der Waals surface area contributed by atoms with Crippen LogP contribution < -0.4 is 9.47 Å². The molecule has 3 rings (SSSR count). The molecule has 0 aliphatic carbocycles. The normalized spacial score (nSPS) is 11.4. The van der Waals surface area contributed by atoms with Crippen LogP contribution in [0.4, 0.5) is 0 Å². The number of carboxylic acids is 1. The van der Waals surface area contributed by atoms with Gasteiger partial charge in [-0.2, -0.15) is 0 Å². The molecule has 28 heavy (non-hydrogen) atoms. The zero-order valence-corrected chi connectivity index (χ0v) is 16.6. The van der Waals surface area contributed by atoms with E-state index in [-0.39, 0.29) is 17.6 Å². The van der Waals surface area contributed by atoms with Crippen molar-refractivity contribution in [1.29, 1.82) is 0 Å². The average Bonchev–Trinajstić information content (AvgIpc) is 2.71. The van der Waals surface area contributed by atoms with Crippen LogP contribution in [0.5, 0.6) is 11.5 Å². The number of ether oxygens (including phenoxy) is 2. The zero-order valence-electron chi connectivity index (χ0n) is 16.6. The van der Waals surface area contributed by atoms with Gasteiger partial charge in [0.05, 0.1) is 0 Å². The Kier molecular flexibility index (Phi) is 5.88. The van der Waals surface area contributed by atoms with Gasteiger partial charge in [-0.1, -0.05) is 63.2 Å². The smallest absolute Gasteiger partial charge is 0.340 e. The SMILES string of the molecule is CCC(C)(C)c1ccc(OCCOc2ccc3ccccc3c2C(=O)O)cc1. The molecule has 4 heteroatoms. The summed E-state index contributed by atoms with van der Waals surface area (Å²) in [6.45, 7) is 7.23. The fourth-order valence-corrected chi connectivity index (χ4v) is 3.11. The lowest BCUT2D eigenvalue weighted by Crippen LogP contribution is -2.15. The third-order valence-corrected chi connectivity index (χ3v) is 5.23. The first-order valence-electron chi connectivity index (χ1n) is 9.53. The standard InChI is InChI=1S/C24H26O4/c1-4-24(2,3)18-10-12-19(13-11-18)27-15-16-28-21-14-9-17-7-5-6-8-20(17)22(21)23(25)26/h5-14H,4,15-16H2,1-3H3,(H,25,26). The zero-order chi connectivity index (χ0) is 20.1. The van der Waals surface area contributed by atoms with E-state index in [1.54, 1.807) is 12.1 Å². The van der Waals surface area contributed by atoms with Gasteiger partial charge >= 0.3 is 5.97 Å². The lowest BCUT2D eigenvalue weighted by molar-refractivity contribution is 0.0693. The molecule has 0 radical (unpaired) electrons. The van der Waals surface area contributed by atoms with Crippen LogP contribution in [0.1, 0.15) is 43.1 Å². The molecule has 0 saturated carbocycles. The van der Waals surface area contributed by atoms with Gasteiger partial charge in [0.2, 0.25) is 0 Å². The first-order valence-corrected chi connectivity index (χ1v) is 9.53. The Hall–Kier alpha value is -3.01. The van der Waals surface area contributed by atoms with Gasteiger partial charge in [-0.25, -0.2) is 4.79 Å². The minimum atomic E-state index is -0.998. The molecule has 0 aliphatic rings. The quantitative estimate of drug-likeness (QED) is 0.512. The molecule has 0 atom stereocenters. The molecule has 0 unspecified atom stereocenters. The summed E-state index contributed by atoms with van der Waals surface area (Å²) in [5, 5.41) is 11.1. The van der Waals surface area contributed by atoms with Crippen molar-refractivity contribution in [3.05, 3.63) is 71.8 Å². The highest BCUT2D eigenvalue weighted by atomic mass is 16.5. The molecular formula is C24H26O4. The van der Waals surface area contributed by atoms with Crippen molar-refractivity contribution in [1.82, 2.24) is 0 Å². The number of hydrogen-bond donors (Lipinski definition) is 1. The Morgan fingerprint density at radius 3 is 2.29 bits per heavy atom. The number of carbonyl (C=O) groups is 1. The molecular weight excluding hydrogens is 352 g/mol. The fourth-order valence-electron chi connectivity index (χ4n) is 3.11. The molecule has 0 amide bonds.